The van der Waals surface area contributed by atoms with Crippen LogP contribution in [-0.4, -0.2) is 30.4 Å². The van der Waals surface area contributed by atoms with Crippen molar-refractivity contribution in [2.75, 3.05) is 25.0 Å². The summed E-state index contributed by atoms with van der Waals surface area (Å²) in [5.74, 6) is -0.358. The minimum Gasteiger partial charge on any atom is -0.401 e. The lowest BCUT2D eigenvalue weighted by Gasteiger charge is -2.27. The van der Waals surface area contributed by atoms with E-state index in [0.29, 0.717) is 31.0 Å². The predicted molar refractivity (Wildman–Crippen MR) is 128 cm³/mol. The summed E-state index contributed by atoms with van der Waals surface area (Å²) in [5.41, 5.74) is 12.6. The molecule has 4 rings (SSSR count). The monoisotopic (exact) mass is 454 g/mol. The standard InChI is InChI=1S/C25H28ClFN4O/c1-15(28)25-19-7-6-18(17-9-12-31(13-10-17)16(2)32)14-20(19)22(8-11-29-25)30-23-5-3-4-21(26)24(23)27/h3-7,9,14,22,29-30H,8,10-13,28H2,1-2H3/b25-15-. The fourth-order valence-corrected chi connectivity index (χ4v) is 4.57. The van der Waals surface area contributed by atoms with Crippen molar-refractivity contribution >= 4 is 34.5 Å². The Bertz CT molecular complexity index is 1110. The number of amides is 1. The zero-order valence-corrected chi connectivity index (χ0v) is 19.1. The van der Waals surface area contributed by atoms with E-state index in [4.69, 9.17) is 17.3 Å². The van der Waals surface area contributed by atoms with Crippen LogP contribution in [0.3, 0.4) is 0 Å². The number of nitrogens with two attached hydrogens (primary N) is 1. The molecule has 1 atom stereocenters. The number of carbonyl (C=O) groups excluding carboxylic acids is 1. The molecule has 0 saturated heterocycles. The van der Waals surface area contributed by atoms with E-state index in [1.54, 1.807) is 25.1 Å². The van der Waals surface area contributed by atoms with E-state index in [2.05, 4.69) is 34.9 Å². The molecule has 0 radical (unpaired) electrons. The third-order valence-electron chi connectivity index (χ3n) is 6.13. The maximum atomic E-state index is 14.6. The summed E-state index contributed by atoms with van der Waals surface area (Å²) < 4.78 is 14.6. The highest BCUT2D eigenvalue weighted by Gasteiger charge is 2.25. The highest BCUT2D eigenvalue weighted by Crippen LogP contribution is 2.36. The molecule has 0 saturated carbocycles. The van der Waals surface area contributed by atoms with Crippen LogP contribution in [0.5, 0.6) is 0 Å². The van der Waals surface area contributed by atoms with Gasteiger partial charge < -0.3 is 21.3 Å². The number of allylic oxidation sites excluding steroid dienone is 1. The quantitative estimate of drug-likeness (QED) is 0.616. The van der Waals surface area contributed by atoms with Crippen LogP contribution in [0.4, 0.5) is 10.1 Å². The van der Waals surface area contributed by atoms with Crippen LogP contribution in [-0.2, 0) is 4.79 Å². The zero-order valence-electron chi connectivity index (χ0n) is 18.3. The molecule has 0 spiro atoms. The van der Waals surface area contributed by atoms with Crippen molar-refractivity contribution in [3.8, 4) is 0 Å². The Morgan fingerprint density at radius 2 is 2.09 bits per heavy atom. The number of benzene rings is 2. The van der Waals surface area contributed by atoms with Gasteiger partial charge in [0.2, 0.25) is 5.91 Å². The molecule has 7 heteroatoms. The van der Waals surface area contributed by atoms with Crippen molar-refractivity contribution in [3.05, 3.63) is 75.7 Å². The number of carbonyl (C=O) groups is 1. The largest absolute Gasteiger partial charge is 0.401 e. The van der Waals surface area contributed by atoms with Gasteiger partial charge in [-0.05, 0) is 54.7 Å². The van der Waals surface area contributed by atoms with Crippen LogP contribution in [0.25, 0.3) is 11.3 Å². The van der Waals surface area contributed by atoms with E-state index in [1.165, 1.54) is 5.57 Å². The SMILES string of the molecule is CC(=O)N1CC=C(c2ccc3c(c2)C(Nc2cccc(Cl)c2F)CCN/C3=C(/C)N)CC1. The number of hydrogen-bond acceptors (Lipinski definition) is 4. The molecule has 0 fully saturated rings. The van der Waals surface area contributed by atoms with Gasteiger partial charge in [0.1, 0.15) is 0 Å². The summed E-state index contributed by atoms with van der Waals surface area (Å²) in [7, 11) is 0. The molecule has 2 aromatic rings. The van der Waals surface area contributed by atoms with Gasteiger partial charge in [0.25, 0.3) is 0 Å². The summed E-state index contributed by atoms with van der Waals surface area (Å²) >= 11 is 6.00. The van der Waals surface area contributed by atoms with Crippen LogP contribution in [0.15, 0.2) is 48.2 Å². The predicted octanol–water partition coefficient (Wildman–Crippen LogP) is 4.91. The van der Waals surface area contributed by atoms with Crippen LogP contribution in [0.1, 0.15) is 49.4 Å². The van der Waals surface area contributed by atoms with E-state index in [0.717, 1.165) is 35.2 Å². The Labute approximate surface area is 193 Å². The fraction of sp³-hybridized carbons (Fsp3) is 0.320. The van der Waals surface area contributed by atoms with Gasteiger partial charge in [0, 0.05) is 37.8 Å². The number of halogens is 2. The topological polar surface area (TPSA) is 70.4 Å². The molecule has 2 heterocycles. The van der Waals surface area contributed by atoms with Gasteiger partial charge in [0.15, 0.2) is 5.82 Å². The number of hydrogen-bond donors (Lipinski definition) is 3. The first-order valence-corrected chi connectivity index (χ1v) is 11.2. The normalized spacial score (nSPS) is 19.9. The second-order valence-corrected chi connectivity index (χ2v) is 8.73. The van der Waals surface area contributed by atoms with Crippen LogP contribution < -0.4 is 16.4 Å². The van der Waals surface area contributed by atoms with Gasteiger partial charge in [-0.25, -0.2) is 4.39 Å². The average molecular weight is 455 g/mol. The van der Waals surface area contributed by atoms with Crippen molar-refractivity contribution in [3.63, 3.8) is 0 Å². The molecule has 0 aromatic heterocycles. The molecule has 2 aliphatic heterocycles. The summed E-state index contributed by atoms with van der Waals surface area (Å²) in [6.45, 7) is 5.50. The highest BCUT2D eigenvalue weighted by atomic mass is 35.5. The first-order chi connectivity index (χ1) is 15.3. The first kappa shape index (κ1) is 22.2. The molecule has 1 amide bonds. The second-order valence-electron chi connectivity index (χ2n) is 8.32. The molecule has 168 valence electrons. The third-order valence-corrected chi connectivity index (χ3v) is 6.42. The molecule has 5 nitrogen and oxygen atoms in total. The smallest absolute Gasteiger partial charge is 0.219 e. The molecule has 32 heavy (non-hydrogen) atoms. The molecule has 1 unspecified atom stereocenters. The van der Waals surface area contributed by atoms with Crippen LogP contribution in [0, 0.1) is 5.82 Å². The van der Waals surface area contributed by atoms with E-state index in [1.807, 2.05) is 11.8 Å². The van der Waals surface area contributed by atoms with E-state index in [-0.39, 0.29) is 17.0 Å². The number of rotatable bonds is 3. The van der Waals surface area contributed by atoms with Crippen LogP contribution >= 0.6 is 11.6 Å². The lowest BCUT2D eigenvalue weighted by molar-refractivity contribution is -0.128. The molecule has 2 aromatic carbocycles. The summed E-state index contributed by atoms with van der Waals surface area (Å²) in [5, 5.41) is 6.89. The Kier molecular flexibility index (Phi) is 6.42. The number of nitrogens with one attached hydrogen (secondary N) is 2. The lowest BCUT2D eigenvalue weighted by Crippen LogP contribution is -2.32. The minimum absolute atomic E-state index is 0.0920. The van der Waals surface area contributed by atoms with Gasteiger partial charge in [-0.2, -0.15) is 0 Å². The number of anilines is 1. The lowest BCUT2D eigenvalue weighted by atomic mass is 9.90. The first-order valence-electron chi connectivity index (χ1n) is 10.8. The van der Waals surface area contributed by atoms with Gasteiger partial charge in [0.05, 0.1) is 22.4 Å². The van der Waals surface area contributed by atoms with E-state index < -0.39 is 5.82 Å². The van der Waals surface area contributed by atoms with Gasteiger partial charge in [-0.3, -0.25) is 4.79 Å². The molecular weight excluding hydrogens is 427 g/mol. The zero-order chi connectivity index (χ0) is 22.8. The molecule has 0 bridgehead atoms. The van der Waals surface area contributed by atoms with Gasteiger partial charge in [-0.1, -0.05) is 35.9 Å². The third kappa shape index (κ3) is 4.46. The maximum Gasteiger partial charge on any atom is 0.219 e. The minimum atomic E-state index is -0.450. The fourth-order valence-electron chi connectivity index (χ4n) is 4.39. The van der Waals surface area contributed by atoms with Crippen molar-refractivity contribution in [1.82, 2.24) is 10.2 Å². The van der Waals surface area contributed by atoms with Crippen molar-refractivity contribution in [2.24, 2.45) is 5.73 Å². The number of fused-ring (bicyclic) bond motifs is 1. The Morgan fingerprint density at radius 3 is 2.78 bits per heavy atom. The Balaban J connectivity index is 1.74. The number of nitrogens with zero attached hydrogens (tertiary/aromatic N) is 1. The van der Waals surface area contributed by atoms with Crippen molar-refractivity contribution in [2.45, 2.75) is 32.7 Å². The van der Waals surface area contributed by atoms with Gasteiger partial charge >= 0.3 is 0 Å². The Hall–Kier alpha value is -2.99. The molecule has 4 N–H and O–H groups in total. The second kappa shape index (κ2) is 9.25. The molecule has 2 aliphatic rings. The highest BCUT2D eigenvalue weighted by molar-refractivity contribution is 6.31. The summed E-state index contributed by atoms with van der Waals surface area (Å²) in [4.78, 5) is 13.5. The summed E-state index contributed by atoms with van der Waals surface area (Å²) in [6, 6.07) is 11.2. The van der Waals surface area contributed by atoms with E-state index >= 15 is 0 Å². The van der Waals surface area contributed by atoms with Crippen molar-refractivity contribution < 1.29 is 9.18 Å². The van der Waals surface area contributed by atoms with Crippen molar-refractivity contribution in [1.29, 1.82) is 0 Å². The Morgan fingerprint density at radius 1 is 1.28 bits per heavy atom. The van der Waals surface area contributed by atoms with Crippen LogP contribution in [0.2, 0.25) is 5.02 Å². The van der Waals surface area contributed by atoms with Gasteiger partial charge in [-0.15, -0.1) is 0 Å². The summed E-state index contributed by atoms with van der Waals surface area (Å²) in [6.07, 6.45) is 3.66. The molecule has 0 aliphatic carbocycles. The van der Waals surface area contributed by atoms with E-state index in [9.17, 15) is 9.18 Å². The molecular formula is C25H28ClFN4O. The maximum absolute atomic E-state index is 14.6. The average Bonchev–Trinajstić information content (AvgIpc) is 2.96.